The standard InChI is InChI=1S/C17H26ClN3O2/c1-13(14-4-6-15(18)7-5-14)21-16(19-2)20-12-17(22-3)8-10-23-11-9-17/h4-7,13H,8-12H2,1-3H3,(H2,19,20,21). The molecule has 0 bridgehead atoms. The molecule has 23 heavy (non-hydrogen) atoms. The van der Waals surface area contributed by atoms with Crippen LogP contribution in [0.4, 0.5) is 0 Å². The number of rotatable bonds is 5. The molecule has 0 aliphatic carbocycles. The smallest absolute Gasteiger partial charge is 0.191 e. The second kappa shape index (κ2) is 8.52. The highest BCUT2D eigenvalue weighted by Crippen LogP contribution is 2.23. The molecular formula is C17H26ClN3O2. The molecule has 1 aromatic rings. The van der Waals surface area contributed by atoms with Crippen LogP contribution in [0.1, 0.15) is 31.4 Å². The summed E-state index contributed by atoms with van der Waals surface area (Å²) in [6.45, 7) is 4.28. The van der Waals surface area contributed by atoms with Gasteiger partial charge in [-0.05, 0) is 24.6 Å². The largest absolute Gasteiger partial charge is 0.381 e. The van der Waals surface area contributed by atoms with E-state index in [-0.39, 0.29) is 11.6 Å². The summed E-state index contributed by atoms with van der Waals surface area (Å²) in [6, 6.07) is 7.96. The Morgan fingerprint density at radius 2 is 2.00 bits per heavy atom. The maximum absolute atomic E-state index is 5.94. The van der Waals surface area contributed by atoms with Gasteiger partial charge in [-0.15, -0.1) is 0 Å². The summed E-state index contributed by atoms with van der Waals surface area (Å²) < 4.78 is 11.2. The second-order valence-electron chi connectivity index (χ2n) is 5.84. The molecule has 0 aromatic heterocycles. The summed E-state index contributed by atoms with van der Waals surface area (Å²) in [5.41, 5.74) is 0.976. The quantitative estimate of drug-likeness (QED) is 0.640. The lowest BCUT2D eigenvalue weighted by Crippen LogP contribution is -2.51. The molecule has 1 aliphatic rings. The molecule has 0 amide bonds. The molecule has 1 heterocycles. The van der Waals surface area contributed by atoms with E-state index in [2.05, 4.69) is 22.5 Å². The van der Waals surface area contributed by atoms with E-state index >= 15 is 0 Å². The number of aliphatic imine (C=N–C) groups is 1. The van der Waals surface area contributed by atoms with Crippen molar-refractivity contribution in [2.24, 2.45) is 4.99 Å². The van der Waals surface area contributed by atoms with Gasteiger partial charge in [0.15, 0.2) is 5.96 Å². The molecule has 1 atom stereocenters. The Hall–Kier alpha value is -1.30. The van der Waals surface area contributed by atoms with E-state index in [0.717, 1.165) is 42.6 Å². The predicted molar refractivity (Wildman–Crippen MR) is 94.2 cm³/mol. The first kappa shape index (κ1) is 18.0. The molecule has 128 valence electrons. The fourth-order valence-electron chi connectivity index (χ4n) is 2.68. The lowest BCUT2D eigenvalue weighted by molar-refractivity contribution is -0.0855. The summed E-state index contributed by atoms with van der Waals surface area (Å²) in [7, 11) is 3.53. The first-order chi connectivity index (χ1) is 11.1. The van der Waals surface area contributed by atoms with E-state index < -0.39 is 0 Å². The molecule has 0 spiro atoms. The first-order valence-corrected chi connectivity index (χ1v) is 8.32. The van der Waals surface area contributed by atoms with Crippen LogP contribution in [0, 0.1) is 0 Å². The molecule has 2 rings (SSSR count). The van der Waals surface area contributed by atoms with Gasteiger partial charge in [0.25, 0.3) is 0 Å². The summed E-state index contributed by atoms with van der Waals surface area (Å²) in [4.78, 5) is 4.30. The first-order valence-electron chi connectivity index (χ1n) is 7.94. The Morgan fingerprint density at radius 3 is 2.57 bits per heavy atom. The van der Waals surface area contributed by atoms with E-state index in [1.807, 2.05) is 24.3 Å². The fraction of sp³-hybridized carbons (Fsp3) is 0.588. The zero-order valence-electron chi connectivity index (χ0n) is 14.1. The Balaban J connectivity index is 1.91. The van der Waals surface area contributed by atoms with Gasteiger partial charge >= 0.3 is 0 Å². The Labute approximate surface area is 143 Å². The van der Waals surface area contributed by atoms with Crippen LogP contribution in [0.3, 0.4) is 0 Å². The minimum Gasteiger partial charge on any atom is -0.381 e. The number of hydrogen-bond donors (Lipinski definition) is 2. The summed E-state index contributed by atoms with van der Waals surface area (Å²) >= 11 is 5.94. The van der Waals surface area contributed by atoms with Gasteiger partial charge in [-0.2, -0.15) is 0 Å². The van der Waals surface area contributed by atoms with Crippen LogP contribution in [0.5, 0.6) is 0 Å². The van der Waals surface area contributed by atoms with E-state index in [0.29, 0.717) is 6.54 Å². The van der Waals surface area contributed by atoms with Crippen molar-refractivity contribution in [2.75, 3.05) is 33.9 Å². The van der Waals surface area contributed by atoms with E-state index in [1.165, 1.54) is 0 Å². The van der Waals surface area contributed by atoms with Crippen molar-refractivity contribution in [1.29, 1.82) is 0 Å². The maximum Gasteiger partial charge on any atom is 0.191 e. The van der Waals surface area contributed by atoms with Crippen molar-refractivity contribution in [3.05, 3.63) is 34.9 Å². The van der Waals surface area contributed by atoms with Gasteiger partial charge in [0.05, 0.1) is 11.6 Å². The fourth-order valence-corrected chi connectivity index (χ4v) is 2.80. The van der Waals surface area contributed by atoms with E-state index in [9.17, 15) is 0 Å². The Morgan fingerprint density at radius 1 is 1.35 bits per heavy atom. The molecule has 0 radical (unpaired) electrons. The van der Waals surface area contributed by atoms with Crippen molar-refractivity contribution in [3.8, 4) is 0 Å². The average Bonchev–Trinajstić information content (AvgIpc) is 2.59. The van der Waals surface area contributed by atoms with Crippen molar-refractivity contribution >= 4 is 17.6 Å². The monoisotopic (exact) mass is 339 g/mol. The zero-order valence-corrected chi connectivity index (χ0v) is 14.8. The number of nitrogens with one attached hydrogen (secondary N) is 2. The van der Waals surface area contributed by atoms with Gasteiger partial charge in [-0.25, -0.2) is 0 Å². The molecule has 1 unspecified atom stereocenters. The van der Waals surface area contributed by atoms with Crippen molar-refractivity contribution in [3.63, 3.8) is 0 Å². The van der Waals surface area contributed by atoms with E-state index in [4.69, 9.17) is 21.1 Å². The second-order valence-corrected chi connectivity index (χ2v) is 6.28. The molecule has 0 saturated carbocycles. The van der Waals surface area contributed by atoms with Crippen LogP contribution in [-0.4, -0.2) is 45.5 Å². The summed E-state index contributed by atoms with van der Waals surface area (Å²) in [5, 5.41) is 7.51. The molecule has 1 saturated heterocycles. The lowest BCUT2D eigenvalue weighted by atomic mass is 9.94. The van der Waals surface area contributed by atoms with Crippen LogP contribution >= 0.6 is 11.6 Å². The van der Waals surface area contributed by atoms with Crippen LogP contribution < -0.4 is 10.6 Å². The van der Waals surface area contributed by atoms with Gasteiger partial charge in [0.1, 0.15) is 0 Å². The van der Waals surface area contributed by atoms with Crippen LogP contribution in [0.2, 0.25) is 5.02 Å². The molecule has 1 fully saturated rings. The van der Waals surface area contributed by atoms with Crippen LogP contribution in [0.25, 0.3) is 0 Å². The minimum absolute atomic E-state index is 0.131. The third-order valence-corrected chi connectivity index (χ3v) is 4.61. The summed E-state index contributed by atoms with van der Waals surface area (Å²) in [5.74, 6) is 0.760. The number of ether oxygens (including phenoxy) is 2. The van der Waals surface area contributed by atoms with Gasteiger partial charge < -0.3 is 20.1 Å². The number of methoxy groups -OCH3 is 1. The zero-order chi connectivity index (χ0) is 16.7. The molecule has 1 aliphatic heterocycles. The average molecular weight is 340 g/mol. The third-order valence-electron chi connectivity index (χ3n) is 4.36. The molecular weight excluding hydrogens is 314 g/mol. The third kappa shape index (κ3) is 5.09. The topological polar surface area (TPSA) is 54.9 Å². The Bertz CT molecular complexity index is 513. The van der Waals surface area contributed by atoms with Crippen molar-refractivity contribution in [2.45, 2.75) is 31.4 Å². The lowest BCUT2D eigenvalue weighted by Gasteiger charge is -2.36. The number of halogens is 1. The molecule has 6 heteroatoms. The van der Waals surface area contributed by atoms with E-state index in [1.54, 1.807) is 14.2 Å². The highest BCUT2D eigenvalue weighted by Gasteiger charge is 2.32. The predicted octanol–water partition coefficient (Wildman–Crippen LogP) is 2.76. The van der Waals surface area contributed by atoms with Gasteiger partial charge in [-0.1, -0.05) is 23.7 Å². The Kier molecular flexibility index (Phi) is 6.69. The van der Waals surface area contributed by atoms with Crippen molar-refractivity contribution < 1.29 is 9.47 Å². The number of guanidine groups is 1. The molecule has 2 N–H and O–H groups in total. The number of hydrogen-bond acceptors (Lipinski definition) is 3. The maximum atomic E-state index is 5.94. The van der Waals surface area contributed by atoms with Gasteiger partial charge in [0.2, 0.25) is 0 Å². The van der Waals surface area contributed by atoms with Crippen LogP contribution in [-0.2, 0) is 9.47 Å². The van der Waals surface area contributed by atoms with Gasteiger partial charge in [-0.3, -0.25) is 4.99 Å². The normalized spacial score (nSPS) is 19.2. The SMILES string of the molecule is CN=C(NCC1(OC)CCOCC1)NC(C)c1ccc(Cl)cc1. The van der Waals surface area contributed by atoms with Crippen LogP contribution in [0.15, 0.2) is 29.3 Å². The molecule has 1 aromatic carbocycles. The van der Waals surface area contributed by atoms with Gasteiger partial charge in [0, 0.05) is 51.8 Å². The molecule has 5 nitrogen and oxygen atoms in total. The summed E-state index contributed by atoms with van der Waals surface area (Å²) in [6.07, 6.45) is 1.78. The number of nitrogens with zero attached hydrogens (tertiary/aromatic N) is 1. The highest BCUT2D eigenvalue weighted by molar-refractivity contribution is 6.30. The minimum atomic E-state index is -0.181. The van der Waals surface area contributed by atoms with Crippen molar-refractivity contribution in [1.82, 2.24) is 10.6 Å². The highest BCUT2D eigenvalue weighted by atomic mass is 35.5. The number of benzene rings is 1.